The second-order valence-electron chi connectivity index (χ2n) is 5.47. The van der Waals surface area contributed by atoms with Crippen LogP contribution in [-0.4, -0.2) is 43.8 Å². The van der Waals surface area contributed by atoms with Crippen LogP contribution >= 0.6 is 0 Å². The highest BCUT2D eigenvalue weighted by Crippen LogP contribution is 2.38. The lowest BCUT2D eigenvalue weighted by atomic mass is 10.0. The van der Waals surface area contributed by atoms with Crippen LogP contribution < -0.4 is 10.6 Å². The van der Waals surface area contributed by atoms with Gasteiger partial charge in [-0.3, -0.25) is 0 Å². The van der Waals surface area contributed by atoms with Crippen LogP contribution in [0.2, 0.25) is 0 Å². The lowest BCUT2D eigenvalue weighted by Crippen LogP contribution is -2.36. The molecule has 15 heavy (non-hydrogen) atoms. The first-order valence-electron chi connectivity index (χ1n) is 6.32. The van der Waals surface area contributed by atoms with Crippen LogP contribution in [0, 0.1) is 11.8 Å². The van der Waals surface area contributed by atoms with Gasteiger partial charge in [0.2, 0.25) is 0 Å². The van der Waals surface area contributed by atoms with E-state index >= 15 is 0 Å². The Kier molecular flexibility index (Phi) is 3.65. The molecule has 0 bridgehead atoms. The zero-order chi connectivity index (χ0) is 10.8. The molecule has 0 aromatic rings. The molecule has 0 spiro atoms. The van der Waals surface area contributed by atoms with Crippen molar-refractivity contribution >= 4 is 0 Å². The zero-order valence-electron chi connectivity index (χ0n) is 10.3. The van der Waals surface area contributed by atoms with Gasteiger partial charge in [-0.25, -0.2) is 0 Å². The van der Waals surface area contributed by atoms with E-state index in [1.165, 1.54) is 25.9 Å². The zero-order valence-corrected chi connectivity index (χ0v) is 10.3. The average molecular weight is 211 g/mol. The van der Waals surface area contributed by atoms with Gasteiger partial charge in [0.1, 0.15) is 0 Å². The number of hydrogen-bond donors (Lipinski definition) is 2. The van der Waals surface area contributed by atoms with E-state index in [4.69, 9.17) is 0 Å². The Hall–Kier alpha value is -0.120. The Balaban J connectivity index is 1.78. The molecule has 0 aromatic carbocycles. The maximum absolute atomic E-state index is 3.57. The van der Waals surface area contributed by atoms with Crippen molar-refractivity contribution in [2.45, 2.75) is 38.8 Å². The second kappa shape index (κ2) is 4.81. The van der Waals surface area contributed by atoms with Gasteiger partial charge in [0.15, 0.2) is 0 Å². The minimum atomic E-state index is 0.735. The minimum Gasteiger partial charge on any atom is -0.308 e. The third kappa shape index (κ3) is 2.52. The lowest BCUT2D eigenvalue weighted by molar-refractivity contribution is 0.248. The topological polar surface area (TPSA) is 27.3 Å². The SMILES string of the molecule is CNCNC1CC2CN(C(C)C)CC2C1. The van der Waals surface area contributed by atoms with Gasteiger partial charge in [-0.15, -0.1) is 0 Å². The van der Waals surface area contributed by atoms with Crippen molar-refractivity contribution in [2.24, 2.45) is 11.8 Å². The van der Waals surface area contributed by atoms with Gasteiger partial charge >= 0.3 is 0 Å². The first-order valence-corrected chi connectivity index (χ1v) is 6.32. The van der Waals surface area contributed by atoms with Crippen molar-refractivity contribution in [2.75, 3.05) is 26.8 Å². The van der Waals surface area contributed by atoms with E-state index in [-0.39, 0.29) is 0 Å². The predicted octanol–water partition coefficient (Wildman–Crippen LogP) is 0.872. The fourth-order valence-corrected chi connectivity index (χ4v) is 3.17. The first-order chi connectivity index (χ1) is 7.20. The van der Waals surface area contributed by atoms with Crippen LogP contribution in [0.1, 0.15) is 26.7 Å². The van der Waals surface area contributed by atoms with Gasteiger partial charge in [-0.2, -0.15) is 0 Å². The van der Waals surface area contributed by atoms with Gasteiger partial charge in [-0.1, -0.05) is 0 Å². The predicted molar refractivity (Wildman–Crippen MR) is 63.8 cm³/mol. The molecule has 0 radical (unpaired) electrons. The molecule has 1 aliphatic heterocycles. The van der Waals surface area contributed by atoms with E-state index in [0.717, 1.165) is 30.6 Å². The van der Waals surface area contributed by atoms with Gasteiger partial charge in [0.25, 0.3) is 0 Å². The number of likely N-dealkylation sites (tertiary alicyclic amines) is 1. The van der Waals surface area contributed by atoms with Crippen LogP contribution in [0.3, 0.4) is 0 Å². The largest absolute Gasteiger partial charge is 0.308 e. The van der Waals surface area contributed by atoms with E-state index in [0.29, 0.717) is 0 Å². The maximum atomic E-state index is 3.57. The van der Waals surface area contributed by atoms with Crippen molar-refractivity contribution in [1.29, 1.82) is 0 Å². The molecule has 1 saturated heterocycles. The van der Waals surface area contributed by atoms with E-state index < -0.39 is 0 Å². The third-order valence-corrected chi connectivity index (χ3v) is 4.08. The van der Waals surface area contributed by atoms with E-state index in [1.807, 2.05) is 7.05 Å². The van der Waals surface area contributed by atoms with Crippen LogP contribution in [0.5, 0.6) is 0 Å². The van der Waals surface area contributed by atoms with Crippen LogP contribution in [-0.2, 0) is 0 Å². The van der Waals surface area contributed by atoms with Gasteiger partial charge in [-0.05, 0) is 45.6 Å². The molecule has 0 aromatic heterocycles. The molecule has 0 amide bonds. The van der Waals surface area contributed by atoms with Crippen molar-refractivity contribution in [3.63, 3.8) is 0 Å². The Bertz CT molecular complexity index is 191. The number of hydrogen-bond acceptors (Lipinski definition) is 3. The normalized spacial score (nSPS) is 36.4. The van der Waals surface area contributed by atoms with Crippen LogP contribution in [0.25, 0.3) is 0 Å². The van der Waals surface area contributed by atoms with Crippen LogP contribution in [0.4, 0.5) is 0 Å². The number of fused-ring (bicyclic) bond motifs is 1. The Morgan fingerprint density at radius 3 is 2.27 bits per heavy atom. The molecule has 2 fully saturated rings. The highest BCUT2D eigenvalue weighted by Gasteiger charge is 2.40. The molecule has 3 heteroatoms. The number of rotatable bonds is 4. The summed E-state index contributed by atoms with van der Waals surface area (Å²) in [6.45, 7) is 8.26. The molecule has 1 aliphatic carbocycles. The molecule has 2 rings (SSSR count). The quantitative estimate of drug-likeness (QED) is 0.676. The standard InChI is InChI=1S/C12H25N3/c1-9(2)15-6-10-4-12(14-8-13-3)5-11(10)7-15/h9-14H,4-8H2,1-3H3. The molecule has 3 nitrogen and oxygen atoms in total. The number of nitrogens with one attached hydrogen (secondary N) is 2. The molecule has 2 atom stereocenters. The summed E-state index contributed by atoms with van der Waals surface area (Å²) in [6.07, 6.45) is 2.77. The third-order valence-electron chi connectivity index (χ3n) is 4.08. The Labute approximate surface area is 93.6 Å². The summed E-state index contributed by atoms with van der Waals surface area (Å²) in [5.74, 6) is 1.92. The highest BCUT2D eigenvalue weighted by molar-refractivity contribution is 4.95. The van der Waals surface area contributed by atoms with Crippen molar-refractivity contribution in [3.05, 3.63) is 0 Å². The van der Waals surface area contributed by atoms with Gasteiger partial charge in [0, 0.05) is 31.8 Å². The summed E-state index contributed by atoms with van der Waals surface area (Å²) in [5, 5.41) is 6.74. The lowest BCUT2D eigenvalue weighted by Gasteiger charge is -2.22. The first kappa shape index (κ1) is 11.4. The van der Waals surface area contributed by atoms with Gasteiger partial charge < -0.3 is 15.5 Å². The molecular formula is C12H25N3. The Morgan fingerprint density at radius 1 is 1.20 bits per heavy atom. The molecular weight excluding hydrogens is 186 g/mol. The molecule has 1 heterocycles. The van der Waals surface area contributed by atoms with E-state index in [1.54, 1.807) is 0 Å². The molecule has 2 unspecified atom stereocenters. The summed E-state index contributed by atoms with van der Waals surface area (Å²) < 4.78 is 0. The summed E-state index contributed by atoms with van der Waals surface area (Å²) in [6, 6.07) is 1.50. The van der Waals surface area contributed by atoms with Crippen LogP contribution in [0.15, 0.2) is 0 Å². The average Bonchev–Trinajstić information content (AvgIpc) is 2.71. The molecule has 88 valence electrons. The molecule has 2 N–H and O–H groups in total. The Morgan fingerprint density at radius 2 is 1.80 bits per heavy atom. The summed E-state index contributed by atoms with van der Waals surface area (Å²) >= 11 is 0. The highest BCUT2D eigenvalue weighted by atomic mass is 15.2. The minimum absolute atomic E-state index is 0.735. The fraction of sp³-hybridized carbons (Fsp3) is 1.00. The summed E-state index contributed by atoms with van der Waals surface area (Å²) in [5.41, 5.74) is 0. The fourth-order valence-electron chi connectivity index (χ4n) is 3.17. The van der Waals surface area contributed by atoms with Crippen molar-refractivity contribution in [1.82, 2.24) is 15.5 Å². The summed E-state index contributed by atoms with van der Waals surface area (Å²) in [4.78, 5) is 2.64. The molecule has 2 aliphatic rings. The maximum Gasteiger partial charge on any atom is 0.0453 e. The van der Waals surface area contributed by atoms with Crippen molar-refractivity contribution < 1.29 is 0 Å². The van der Waals surface area contributed by atoms with E-state index in [9.17, 15) is 0 Å². The summed E-state index contributed by atoms with van der Waals surface area (Å²) in [7, 11) is 2.00. The van der Waals surface area contributed by atoms with Gasteiger partial charge in [0.05, 0.1) is 0 Å². The molecule has 1 saturated carbocycles. The number of nitrogens with zero attached hydrogens (tertiary/aromatic N) is 1. The second-order valence-corrected chi connectivity index (χ2v) is 5.47. The van der Waals surface area contributed by atoms with Crippen molar-refractivity contribution in [3.8, 4) is 0 Å². The smallest absolute Gasteiger partial charge is 0.0453 e. The van der Waals surface area contributed by atoms with E-state index in [2.05, 4.69) is 29.4 Å². The monoisotopic (exact) mass is 211 g/mol.